The van der Waals surface area contributed by atoms with E-state index in [9.17, 15) is 23.4 Å². The lowest BCUT2D eigenvalue weighted by molar-refractivity contribution is 0.101. The highest BCUT2D eigenvalue weighted by Crippen LogP contribution is 2.45. The van der Waals surface area contributed by atoms with E-state index in [2.05, 4.69) is 15.1 Å². The lowest BCUT2D eigenvalue weighted by Gasteiger charge is -2.14. The van der Waals surface area contributed by atoms with Gasteiger partial charge >= 0.3 is 0 Å². The van der Waals surface area contributed by atoms with E-state index < -0.39 is 10.0 Å². The van der Waals surface area contributed by atoms with Gasteiger partial charge in [-0.1, -0.05) is 11.6 Å². The minimum Gasteiger partial charge on any atom is -0.396 e. The Hall–Kier alpha value is -2.66. The average Bonchev–Trinajstić information content (AvgIpc) is 3.60. The molecule has 1 amide bonds. The number of aliphatic hydroxyl groups excluding tert-OH is 2. The standard InChI is InChI=1S/C24H29ClN4O5S/c1-29-23(24(32)26-18-8-6-17(25)7-9-18)20-11-19(16-4-5-16)22(12-21(20)27-29)28-35(33,34)10-2-3-15(13-30)14-31/h6-9,11-12,15-16,28,30-31H,2-5,10,13-14H2,1H3,(H,26,32). The number of halogens is 1. The molecule has 1 heterocycles. The van der Waals surface area contributed by atoms with Gasteiger partial charge in [-0.15, -0.1) is 0 Å². The number of rotatable bonds is 11. The fourth-order valence-corrected chi connectivity index (χ4v) is 5.38. The summed E-state index contributed by atoms with van der Waals surface area (Å²) in [4.78, 5) is 13.1. The quantitative estimate of drug-likeness (QED) is 0.306. The zero-order valence-electron chi connectivity index (χ0n) is 19.4. The molecule has 1 fully saturated rings. The number of aromatic nitrogens is 2. The van der Waals surface area contributed by atoms with Gasteiger partial charge in [0.1, 0.15) is 5.69 Å². The summed E-state index contributed by atoms with van der Waals surface area (Å²) in [5, 5.41) is 26.9. The van der Waals surface area contributed by atoms with Crippen molar-refractivity contribution in [1.82, 2.24) is 9.78 Å². The van der Waals surface area contributed by atoms with Crippen LogP contribution in [-0.4, -0.2) is 53.3 Å². The molecule has 0 spiro atoms. The molecule has 0 bridgehead atoms. The smallest absolute Gasteiger partial charge is 0.274 e. The highest BCUT2D eigenvalue weighted by atomic mass is 35.5. The first-order chi connectivity index (χ1) is 16.7. The Labute approximate surface area is 209 Å². The van der Waals surface area contributed by atoms with Gasteiger partial charge in [-0.25, -0.2) is 8.42 Å². The number of aliphatic hydroxyl groups is 2. The van der Waals surface area contributed by atoms with E-state index in [1.807, 2.05) is 6.07 Å². The van der Waals surface area contributed by atoms with Crippen molar-refractivity contribution in [2.24, 2.45) is 13.0 Å². The van der Waals surface area contributed by atoms with Gasteiger partial charge in [-0.05, 0) is 73.6 Å². The highest BCUT2D eigenvalue weighted by molar-refractivity contribution is 7.92. The van der Waals surface area contributed by atoms with E-state index in [4.69, 9.17) is 11.6 Å². The highest BCUT2D eigenvalue weighted by Gasteiger charge is 2.30. The van der Waals surface area contributed by atoms with Gasteiger partial charge in [0, 0.05) is 42.3 Å². The van der Waals surface area contributed by atoms with Crippen LogP contribution < -0.4 is 10.0 Å². The topological polar surface area (TPSA) is 134 Å². The summed E-state index contributed by atoms with van der Waals surface area (Å²) in [5.74, 6) is -0.551. The number of nitrogens with one attached hydrogen (secondary N) is 2. The van der Waals surface area contributed by atoms with Crippen molar-refractivity contribution in [3.63, 3.8) is 0 Å². The second-order valence-corrected chi connectivity index (χ2v) is 11.2. The summed E-state index contributed by atoms with van der Waals surface area (Å²) in [7, 11) is -1.97. The van der Waals surface area contributed by atoms with Crippen LogP contribution in [0.3, 0.4) is 0 Å². The van der Waals surface area contributed by atoms with Crippen LogP contribution in [0.15, 0.2) is 36.4 Å². The van der Waals surface area contributed by atoms with Crippen molar-refractivity contribution in [3.05, 3.63) is 52.7 Å². The van der Waals surface area contributed by atoms with E-state index >= 15 is 0 Å². The normalized spacial score (nSPS) is 14.0. The molecule has 0 saturated heterocycles. The Morgan fingerprint density at radius 3 is 2.51 bits per heavy atom. The molecule has 1 aromatic heterocycles. The molecule has 35 heavy (non-hydrogen) atoms. The van der Waals surface area contributed by atoms with Gasteiger partial charge in [0.25, 0.3) is 5.91 Å². The molecule has 0 atom stereocenters. The largest absolute Gasteiger partial charge is 0.396 e. The summed E-state index contributed by atoms with van der Waals surface area (Å²) in [5.41, 5.74) is 2.81. The molecule has 0 unspecified atom stereocenters. The molecule has 1 saturated carbocycles. The fourth-order valence-electron chi connectivity index (χ4n) is 4.10. The molecule has 4 N–H and O–H groups in total. The lowest BCUT2D eigenvalue weighted by Crippen LogP contribution is -2.19. The van der Waals surface area contributed by atoms with E-state index in [0.29, 0.717) is 45.8 Å². The Kier molecular flexibility index (Phi) is 7.65. The molecule has 4 rings (SSSR count). The summed E-state index contributed by atoms with van der Waals surface area (Å²) >= 11 is 5.92. The number of fused-ring (bicyclic) bond motifs is 1. The summed E-state index contributed by atoms with van der Waals surface area (Å²) < 4.78 is 29.7. The van der Waals surface area contributed by atoms with Crippen molar-refractivity contribution in [2.45, 2.75) is 31.6 Å². The monoisotopic (exact) mass is 520 g/mol. The molecule has 3 aromatic rings. The summed E-state index contributed by atoms with van der Waals surface area (Å²) in [6, 6.07) is 10.4. The van der Waals surface area contributed by atoms with Crippen molar-refractivity contribution in [3.8, 4) is 0 Å². The second-order valence-electron chi connectivity index (χ2n) is 8.96. The maximum Gasteiger partial charge on any atom is 0.274 e. The number of benzene rings is 2. The number of anilines is 2. The molecule has 11 heteroatoms. The maximum atomic E-state index is 13.1. The van der Waals surface area contributed by atoms with E-state index in [-0.39, 0.29) is 36.7 Å². The maximum absolute atomic E-state index is 13.1. The number of carbonyl (C=O) groups excluding carboxylic acids is 1. The van der Waals surface area contributed by atoms with Crippen molar-refractivity contribution < 1.29 is 23.4 Å². The van der Waals surface area contributed by atoms with Crippen molar-refractivity contribution >= 4 is 49.8 Å². The van der Waals surface area contributed by atoms with Gasteiger partial charge in [0.05, 0.1) is 17.0 Å². The Morgan fingerprint density at radius 2 is 1.89 bits per heavy atom. The van der Waals surface area contributed by atoms with Crippen LogP contribution >= 0.6 is 11.6 Å². The van der Waals surface area contributed by atoms with Gasteiger partial charge in [-0.2, -0.15) is 5.10 Å². The Balaban J connectivity index is 1.59. The number of nitrogens with zero attached hydrogens (tertiary/aromatic N) is 2. The van der Waals surface area contributed by atoms with Crippen LogP contribution in [0.25, 0.3) is 10.9 Å². The van der Waals surface area contributed by atoms with Crippen LogP contribution in [0.4, 0.5) is 11.4 Å². The fraction of sp³-hybridized carbons (Fsp3) is 0.417. The summed E-state index contributed by atoms with van der Waals surface area (Å²) in [6.07, 6.45) is 2.62. The van der Waals surface area contributed by atoms with Crippen LogP contribution in [0, 0.1) is 5.92 Å². The third-order valence-electron chi connectivity index (χ3n) is 6.15. The molecular formula is C24H29ClN4O5S. The van der Waals surface area contributed by atoms with Crippen LogP contribution in [0.2, 0.25) is 5.02 Å². The first-order valence-electron chi connectivity index (χ1n) is 11.5. The number of hydrogen-bond acceptors (Lipinski definition) is 6. The number of amides is 1. The predicted octanol–water partition coefficient (Wildman–Crippen LogP) is 3.48. The first-order valence-corrected chi connectivity index (χ1v) is 13.5. The number of hydrogen-bond donors (Lipinski definition) is 4. The Morgan fingerprint density at radius 1 is 1.20 bits per heavy atom. The van der Waals surface area contributed by atoms with Crippen molar-refractivity contribution in [1.29, 1.82) is 0 Å². The lowest BCUT2D eigenvalue weighted by atomic mass is 10.0. The minimum absolute atomic E-state index is 0.122. The second kappa shape index (κ2) is 10.5. The molecule has 9 nitrogen and oxygen atoms in total. The molecule has 0 aliphatic heterocycles. The van der Waals surface area contributed by atoms with E-state index in [1.54, 1.807) is 37.4 Å². The summed E-state index contributed by atoms with van der Waals surface area (Å²) in [6.45, 7) is -0.361. The molecule has 188 valence electrons. The van der Waals surface area contributed by atoms with Crippen LogP contribution in [0.1, 0.15) is 47.7 Å². The zero-order chi connectivity index (χ0) is 25.2. The third kappa shape index (κ3) is 6.13. The minimum atomic E-state index is -3.65. The number of aryl methyl sites for hydroxylation is 1. The van der Waals surface area contributed by atoms with Gasteiger partial charge < -0.3 is 15.5 Å². The van der Waals surface area contributed by atoms with E-state index in [1.165, 1.54) is 4.68 Å². The Bertz CT molecular complexity index is 1320. The molecule has 1 aliphatic carbocycles. The molecular weight excluding hydrogens is 492 g/mol. The molecule has 2 aromatic carbocycles. The SMILES string of the molecule is Cn1nc2cc(NS(=O)(=O)CCCC(CO)CO)c(C3CC3)cc2c1C(=O)Nc1ccc(Cl)cc1. The van der Waals surface area contributed by atoms with Gasteiger partial charge in [0.2, 0.25) is 10.0 Å². The average molecular weight is 521 g/mol. The third-order valence-corrected chi connectivity index (χ3v) is 7.75. The zero-order valence-corrected chi connectivity index (χ0v) is 20.9. The van der Waals surface area contributed by atoms with Gasteiger partial charge in [-0.3, -0.25) is 14.2 Å². The predicted molar refractivity (Wildman–Crippen MR) is 136 cm³/mol. The number of carbonyl (C=O) groups is 1. The van der Waals surface area contributed by atoms with Gasteiger partial charge in [0.15, 0.2) is 0 Å². The molecule has 0 radical (unpaired) electrons. The molecule has 1 aliphatic rings. The number of sulfonamides is 1. The van der Waals surface area contributed by atoms with Crippen LogP contribution in [0.5, 0.6) is 0 Å². The van der Waals surface area contributed by atoms with Crippen LogP contribution in [-0.2, 0) is 17.1 Å². The van der Waals surface area contributed by atoms with E-state index in [0.717, 1.165) is 18.4 Å². The van der Waals surface area contributed by atoms with Crippen molar-refractivity contribution in [2.75, 3.05) is 29.0 Å². The first kappa shape index (κ1) is 25.4.